The fourth-order valence-electron chi connectivity index (χ4n) is 3.63. The Kier molecular flexibility index (Phi) is 4.75. The molecule has 0 amide bonds. The van der Waals surface area contributed by atoms with Crippen molar-refractivity contribution in [2.45, 2.75) is 19.0 Å². The Labute approximate surface area is 186 Å². The third-order valence-corrected chi connectivity index (χ3v) is 5.99. The number of hydrogen-bond acceptors (Lipinski definition) is 8. The Morgan fingerprint density at radius 2 is 1.97 bits per heavy atom. The molecule has 0 bridgehead atoms. The zero-order valence-electron chi connectivity index (χ0n) is 16.2. The molecular formula is C20H15N7O2S2. The Balaban J connectivity index is 1.65. The summed E-state index contributed by atoms with van der Waals surface area (Å²) >= 11 is 6.84. The highest BCUT2D eigenvalue weighted by Gasteiger charge is 2.44. The molecule has 0 saturated heterocycles. The molecule has 0 spiro atoms. The van der Waals surface area contributed by atoms with Gasteiger partial charge in [-0.1, -0.05) is 53.8 Å². The summed E-state index contributed by atoms with van der Waals surface area (Å²) < 4.78 is 0. The number of benzene rings is 2. The van der Waals surface area contributed by atoms with Crippen molar-refractivity contribution in [3.63, 3.8) is 0 Å². The molecule has 0 fully saturated rings. The first-order chi connectivity index (χ1) is 15.0. The van der Waals surface area contributed by atoms with Gasteiger partial charge in [0.1, 0.15) is 22.7 Å². The average Bonchev–Trinajstić information content (AvgIpc) is 3.37. The Morgan fingerprint density at radius 1 is 1.16 bits per heavy atom. The number of fused-ring (bicyclic) bond motifs is 1. The van der Waals surface area contributed by atoms with E-state index in [4.69, 9.17) is 17.2 Å². The molecule has 11 heteroatoms. The maximum atomic E-state index is 11.3. The van der Waals surface area contributed by atoms with Crippen LogP contribution in [0.3, 0.4) is 0 Å². The third-order valence-electron chi connectivity index (χ3n) is 4.96. The second-order valence-electron chi connectivity index (χ2n) is 6.95. The topological polar surface area (TPSA) is 109 Å². The molecule has 0 radical (unpaired) electrons. The minimum absolute atomic E-state index is 0.0103. The third kappa shape index (κ3) is 3.47. The minimum Gasteiger partial charge on any atom is -0.351 e. The van der Waals surface area contributed by atoms with Gasteiger partial charge in [0, 0.05) is 17.7 Å². The lowest BCUT2D eigenvalue weighted by molar-refractivity contribution is -0.384. The fourth-order valence-corrected chi connectivity index (χ4v) is 4.55. The fraction of sp³-hybridized carbons (Fsp3) is 0.150. The van der Waals surface area contributed by atoms with E-state index in [9.17, 15) is 10.1 Å². The van der Waals surface area contributed by atoms with Crippen LogP contribution in [-0.4, -0.2) is 37.9 Å². The highest BCUT2D eigenvalue weighted by molar-refractivity contribution is 7.80. The number of amidine groups is 2. The molecule has 2 aromatic carbocycles. The van der Waals surface area contributed by atoms with Gasteiger partial charge in [0.2, 0.25) is 5.13 Å². The van der Waals surface area contributed by atoms with Gasteiger partial charge >= 0.3 is 0 Å². The molecular weight excluding hydrogens is 434 g/mol. The van der Waals surface area contributed by atoms with Crippen LogP contribution in [0, 0.1) is 17.0 Å². The van der Waals surface area contributed by atoms with Crippen molar-refractivity contribution in [2.24, 2.45) is 9.98 Å². The highest BCUT2D eigenvalue weighted by Crippen LogP contribution is 2.35. The van der Waals surface area contributed by atoms with Gasteiger partial charge in [0.05, 0.1) is 11.0 Å². The predicted octanol–water partition coefficient (Wildman–Crippen LogP) is 3.42. The normalized spacial score (nSPS) is 20.0. The molecule has 2 aliphatic heterocycles. The summed E-state index contributed by atoms with van der Waals surface area (Å²) in [6, 6.07) is 15.4. The van der Waals surface area contributed by atoms with E-state index in [2.05, 4.69) is 20.5 Å². The summed E-state index contributed by atoms with van der Waals surface area (Å²) in [5, 5.41) is 24.7. The lowest BCUT2D eigenvalue weighted by Crippen LogP contribution is -2.47. The monoisotopic (exact) mass is 449 g/mol. The summed E-state index contributed by atoms with van der Waals surface area (Å²) in [5.41, 5.74) is 1.62. The highest BCUT2D eigenvalue weighted by atomic mass is 32.1. The maximum absolute atomic E-state index is 11.3. The van der Waals surface area contributed by atoms with Crippen LogP contribution in [0.1, 0.15) is 22.2 Å². The Bertz CT molecular complexity index is 1260. The first kappa shape index (κ1) is 19.4. The largest absolute Gasteiger partial charge is 0.351 e. The average molecular weight is 450 g/mol. The summed E-state index contributed by atoms with van der Waals surface area (Å²) in [6.45, 7) is 1.88. The van der Waals surface area contributed by atoms with Crippen molar-refractivity contribution in [3.05, 3.63) is 80.8 Å². The van der Waals surface area contributed by atoms with Crippen molar-refractivity contribution < 1.29 is 4.92 Å². The molecule has 0 saturated carbocycles. The summed E-state index contributed by atoms with van der Waals surface area (Å²) in [4.78, 5) is 22.3. The van der Waals surface area contributed by atoms with Gasteiger partial charge in [-0.25, -0.2) is 4.99 Å². The number of aliphatic imine (C=N–C) groups is 2. The van der Waals surface area contributed by atoms with Crippen LogP contribution in [0.5, 0.6) is 0 Å². The van der Waals surface area contributed by atoms with Gasteiger partial charge in [-0.05, 0) is 24.7 Å². The molecule has 154 valence electrons. The van der Waals surface area contributed by atoms with Gasteiger partial charge in [0.25, 0.3) is 5.69 Å². The van der Waals surface area contributed by atoms with Gasteiger partial charge in [-0.15, -0.1) is 10.2 Å². The summed E-state index contributed by atoms with van der Waals surface area (Å²) in [7, 11) is 0. The van der Waals surface area contributed by atoms with E-state index in [1.165, 1.54) is 17.4 Å². The number of nitro groups is 1. The SMILES string of the molecule is Cc1nnc(N2C(c3ccccc3)=N[C@@H]3C2=NC(=S)N[C@H]3c2cccc([N+](=O)[O-])c2)s1. The zero-order chi connectivity index (χ0) is 21.5. The van der Waals surface area contributed by atoms with E-state index in [0.29, 0.717) is 27.5 Å². The Morgan fingerprint density at radius 3 is 2.68 bits per heavy atom. The number of aromatic nitrogens is 2. The van der Waals surface area contributed by atoms with Crippen LogP contribution in [0.4, 0.5) is 10.8 Å². The van der Waals surface area contributed by atoms with Crippen LogP contribution >= 0.6 is 23.6 Å². The number of nitro benzene ring substituents is 1. The molecule has 2 aliphatic rings. The quantitative estimate of drug-likeness (QED) is 0.369. The number of anilines is 1. The zero-order valence-corrected chi connectivity index (χ0v) is 17.8. The first-order valence-corrected chi connectivity index (χ1v) is 10.6. The molecule has 5 rings (SSSR count). The smallest absolute Gasteiger partial charge is 0.269 e. The molecule has 2 atom stereocenters. The van der Waals surface area contributed by atoms with E-state index in [1.807, 2.05) is 48.2 Å². The second-order valence-corrected chi connectivity index (χ2v) is 8.50. The lowest BCUT2D eigenvalue weighted by Gasteiger charge is -2.29. The standard InChI is InChI=1S/C20H15N7O2S2/c1-11-24-25-20(31-11)26-17(12-6-3-2-4-7-12)21-16-15(22-19(30)23-18(16)26)13-8-5-9-14(10-13)27(28)29/h2-10,15-16H,1H3,(H,22,30)/t15-,16-/m0/s1. The number of non-ortho nitro benzene ring substituents is 1. The molecule has 3 heterocycles. The second kappa shape index (κ2) is 7.60. The van der Waals surface area contributed by atoms with Gasteiger partial charge < -0.3 is 5.32 Å². The van der Waals surface area contributed by atoms with Crippen molar-refractivity contribution in [2.75, 3.05) is 4.90 Å². The van der Waals surface area contributed by atoms with Gasteiger partial charge in [-0.3, -0.25) is 20.0 Å². The first-order valence-electron chi connectivity index (χ1n) is 9.38. The van der Waals surface area contributed by atoms with Crippen molar-refractivity contribution >= 4 is 51.2 Å². The van der Waals surface area contributed by atoms with E-state index in [0.717, 1.165) is 10.6 Å². The van der Waals surface area contributed by atoms with E-state index < -0.39 is 17.0 Å². The number of nitrogens with zero attached hydrogens (tertiary/aromatic N) is 6. The van der Waals surface area contributed by atoms with Crippen molar-refractivity contribution in [1.82, 2.24) is 15.5 Å². The van der Waals surface area contributed by atoms with Crippen molar-refractivity contribution in [1.29, 1.82) is 0 Å². The molecule has 0 unspecified atom stereocenters. The number of rotatable bonds is 4. The van der Waals surface area contributed by atoms with Gasteiger partial charge in [-0.2, -0.15) is 0 Å². The molecule has 0 aliphatic carbocycles. The minimum atomic E-state index is -0.437. The van der Waals surface area contributed by atoms with Crippen molar-refractivity contribution in [3.8, 4) is 0 Å². The van der Waals surface area contributed by atoms with E-state index >= 15 is 0 Å². The lowest BCUT2D eigenvalue weighted by atomic mass is 9.97. The van der Waals surface area contributed by atoms with E-state index in [-0.39, 0.29) is 5.69 Å². The number of nitrogens with one attached hydrogen (secondary N) is 1. The summed E-state index contributed by atoms with van der Waals surface area (Å²) in [6.07, 6.45) is 0. The van der Waals surface area contributed by atoms with Crippen LogP contribution in [0.2, 0.25) is 0 Å². The Hall–Kier alpha value is -3.57. The van der Waals surface area contributed by atoms with Crippen LogP contribution in [-0.2, 0) is 0 Å². The number of thiocarbonyl (C=S) groups is 1. The molecule has 1 aromatic heterocycles. The summed E-state index contributed by atoms with van der Waals surface area (Å²) in [5.74, 6) is 1.30. The van der Waals surface area contributed by atoms with E-state index in [1.54, 1.807) is 12.1 Å². The van der Waals surface area contributed by atoms with Crippen LogP contribution in [0.15, 0.2) is 64.6 Å². The molecule has 9 nitrogen and oxygen atoms in total. The molecule has 3 aromatic rings. The number of aryl methyl sites for hydroxylation is 1. The molecule has 1 N–H and O–H groups in total. The van der Waals surface area contributed by atoms with Crippen LogP contribution in [0.25, 0.3) is 0 Å². The maximum Gasteiger partial charge on any atom is 0.269 e. The van der Waals surface area contributed by atoms with Gasteiger partial charge in [0.15, 0.2) is 5.11 Å². The predicted molar refractivity (Wildman–Crippen MR) is 123 cm³/mol. The molecule has 31 heavy (non-hydrogen) atoms. The van der Waals surface area contributed by atoms with Crippen LogP contribution < -0.4 is 10.2 Å². The number of hydrogen-bond donors (Lipinski definition) is 1.